The van der Waals surface area contributed by atoms with Gasteiger partial charge in [-0.1, -0.05) is 36.4 Å². The Morgan fingerprint density at radius 3 is 2.65 bits per heavy atom. The van der Waals surface area contributed by atoms with E-state index in [9.17, 15) is 4.79 Å². The third-order valence-electron chi connectivity index (χ3n) is 4.56. The highest BCUT2D eigenvalue weighted by Crippen LogP contribution is 2.36. The number of rotatable bonds is 4. The van der Waals surface area contributed by atoms with Gasteiger partial charge in [0.15, 0.2) is 0 Å². The predicted molar refractivity (Wildman–Crippen MR) is 103 cm³/mol. The van der Waals surface area contributed by atoms with Crippen molar-refractivity contribution in [1.82, 2.24) is 0 Å². The van der Waals surface area contributed by atoms with E-state index in [1.807, 2.05) is 12.1 Å². The molecule has 1 aliphatic rings. The Hall–Kier alpha value is -3.32. The van der Waals surface area contributed by atoms with Crippen LogP contribution in [0.3, 0.4) is 0 Å². The Labute approximate surface area is 153 Å². The molecule has 0 bridgehead atoms. The number of benzene rings is 2. The monoisotopic (exact) mass is 344 g/mol. The second kappa shape index (κ2) is 7.71. The molecule has 0 amide bonds. The van der Waals surface area contributed by atoms with Gasteiger partial charge in [-0.15, -0.1) is 0 Å². The van der Waals surface area contributed by atoms with Crippen LogP contribution in [0.1, 0.15) is 23.6 Å². The van der Waals surface area contributed by atoms with E-state index in [0.717, 1.165) is 24.9 Å². The van der Waals surface area contributed by atoms with Crippen LogP contribution in [-0.4, -0.2) is 17.6 Å². The van der Waals surface area contributed by atoms with Gasteiger partial charge in [-0.05, 0) is 60.7 Å². The molecule has 4 heteroatoms. The van der Waals surface area contributed by atoms with Gasteiger partial charge in [0.2, 0.25) is 0 Å². The Morgan fingerprint density at radius 2 is 1.92 bits per heavy atom. The Morgan fingerprint density at radius 1 is 1.19 bits per heavy atom. The number of carboxylic acids is 1. The molecule has 3 rings (SSSR count). The molecule has 4 nitrogen and oxygen atoms in total. The molecule has 0 unspecified atom stereocenters. The normalized spacial score (nSPS) is 13.7. The van der Waals surface area contributed by atoms with Gasteiger partial charge in [0.25, 0.3) is 0 Å². The quantitative estimate of drug-likeness (QED) is 0.504. The van der Waals surface area contributed by atoms with Crippen LogP contribution in [0.4, 0.5) is 11.4 Å². The first kappa shape index (κ1) is 17.5. The van der Waals surface area contributed by atoms with Crippen LogP contribution in [-0.2, 0) is 17.6 Å². The average Bonchev–Trinajstić information content (AvgIpc) is 2.81. The standard InChI is InChI=1S/C22H20N2O2/c1-2-24-20-9-4-3-7-17(20)11-12-18-14-16(10-13-21(18)24)6-5-8-19(15-23)22(25)26/h3-10,13-14H,2,11-12H2,1H3,(H,25,26)/b6-5+,19-8-. The molecule has 0 aliphatic carbocycles. The highest BCUT2D eigenvalue weighted by molar-refractivity contribution is 5.91. The van der Waals surface area contributed by atoms with Crippen LogP contribution in [0.15, 0.2) is 60.2 Å². The van der Waals surface area contributed by atoms with Crippen molar-refractivity contribution in [3.63, 3.8) is 0 Å². The number of carboxylic acid groups (broad SMARTS) is 1. The summed E-state index contributed by atoms with van der Waals surface area (Å²) in [7, 11) is 0. The molecule has 0 fully saturated rings. The molecule has 1 heterocycles. The van der Waals surface area contributed by atoms with Crippen molar-refractivity contribution in [3.8, 4) is 6.07 Å². The van der Waals surface area contributed by atoms with Crippen molar-refractivity contribution < 1.29 is 9.90 Å². The smallest absolute Gasteiger partial charge is 0.346 e. The summed E-state index contributed by atoms with van der Waals surface area (Å²) in [5, 5.41) is 17.7. The van der Waals surface area contributed by atoms with Crippen molar-refractivity contribution >= 4 is 23.4 Å². The molecule has 0 spiro atoms. The summed E-state index contributed by atoms with van der Waals surface area (Å²) >= 11 is 0. The second-order valence-electron chi connectivity index (χ2n) is 6.12. The maximum absolute atomic E-state index is 10.8. The fraction of sp³-hybridized carbons (Fsp3) is 0.182. The summed E-state index contributed by atoms with van der Waals surface area (Å²) in [4.78, 5) is 13.2. The number of nitriles is 1. The lowest BCUT2D eigenvalue weighted by atomic mass is 10.0. The average molecular weight is 344 g/mol. The molecule has 0 atom stereocenters. The van der Waals surface area contributed by atoms with Crippen molar-refractivity contribution in [3.05, 3.63) is 76.9 Å². The fourth-order valence-corrected chi connectivity index (χ4v) is 3.31. The van der Waals surface area contributed by atoms with Crippen LogP contribution in [0.2, 0.25) is 0 Å². The van der Waals surface area contributed by atoms with E-state index in [-0.39, 0.29) is 5.57 Å². The Kier molecular flexibility index (Phi) is 5.19. The lowest BCUT2D eigenvalue weighted by Crippen LogP contribution is -2.17. The lowest BCUT2D eigenvalue weighted by molar-refractivity contribution is -0.132. The van der Waals surface area contributed by atoms with Crippen molar-refractivity contribution in [2.45, 2.75) is 19.8 Å². The van der Waals surface area contributed by atoms with Crippen LogP contribution >= 0.6 is 0 Å². The first-order valence-corrected chi connectivity index (χ1v) is 8.64. The molecule has 26 heavy (non-hydrogen) atoms. The van der Waals surface area contributed by atoms with Crippen molar-refractivity contribution in [1.29, 1.82) is 5.26 Å². The summed E-state index contributed by atoms with van der Waals surface area (Å²) in [5.74, 6) is -1.21. The first-order valence-electron chi connectivity index (χ1n) is 8.64. The van der Waals surface area contributed by atoms with Crippen LogP contribution in [0.25, 0.3) is 6.08 Å². The number of carbonyl (C=O) groups is 1. The molecule has 0 saturated carbocycles. The zero-order valence-corrected chi connectivity index (χ0v) is 14.6. The zero-order valence-electron chi connectivity index (χ0n) is 14.6. The number of hydrogen-bond donors (Lipinski definition) is 1. The summed E-state index contributed by atoms with van der Waals surface area (Å²) in [6.07, 6.45) is 6.71. The Bertz CT molecular complexity index is 935. The van der Waals surface area contributed by atoms with Gasteiger partial charge in [-0.3, -0.25) is 0 Å². The number of allylic oxidation sites excluding steroid dienone is 2. The van der Waals surface area contributed by atoms with Gasteiger partial charge in [-0.25, -0.2) is 4.79 Å². The maximum atomic E-state index is 10.8. The largest absolute Gasteiger partial charge is 0.477 e. The molecule has 0 saturated heterocycles. The SMILES string of the molecule is CCN1c2ccccc2CCc2cc(/C=C/C=C(/C#N)C(=O)O)ccc21. The third-order valence-corrected chi connectivity index (χ3v) is 4.56. The predicted octanol–water partition coefficient (Wildman–Crippen LogP) is 4.49. The van der Waals surface area contributed by atoms with E-state index >= 15 is 0 Å². The maximum Gasteiger partial charge on any atom is 0.346 e. The van der Waals surface area contributed by atoms with E-state index in [1.54, 1.807) is 12.1 Å². The third kappa shape index (κ3) is 3.52. The van der Waals surface area contributed by atoms with Gasteiger partial charge in [0, 0.05) is 17.9 Å². The van der Waals surface area contributed by atoms with E-state index in [0.29, 0.717) is 0 Å². The lowest BCUT2D eigenvalue weighted by Gasteiger charge is -2.25. The Balaban J connectivity index is 1.93. The molecule has 2 aromatic carbocycles. The zero-order chi connectivity index (χ0) is 18.5. The van der Waals surface area contributed by atoms with Crippen LogP contribution < -0.4 is 4.90 Å². The summed E-state index contributed by atoms with van der Waals surface area (Å²) < 4.78 is 0. The topological polar surface area (TPSA) is 64.3 Å². The van der Waals surface area contributed by atoms with Gasteiger partial charge >= 0.3 is 5.97 Å². The van der Waals surface area contributed by atoms with Crippen molar-refractivity contribution in [2.24, 2.45) is 0 Å². The van der Waals surface area contributed by atoms with Gasteiger partial charge in [-0.2, -0.15) is 5.26 Å². The molecule has 0 radical (unpaired) electrons. The van der Waals surface area contributed by atoms with E-state index in [2.05, 4.69) is 48.2 Å². The number of aliphatic carboxylic acids is 1. The number of nitrogens with zero attached hydrogens (tertiary/aromatic N) is 2. The first-order chi connectivity index (χ1) is 12.6. The fourth-order valence-electron chi connectivity index (χ4n) is 3.31. The molecule has 1 aliphatic heterocycles. The van der Waals surface area contributed by atoms with Gasteiger partial charge in [0.05, 0.1) is 0 Å². The number of aryl methyl sites for hydroxylation is 2. The molecule has 0 aromatic heterocycles. The number of para-hydroxylation sites is 1. The molecule has 2 aromatic rings. The molecule has 130 valence electrons. The molecular formula is C22H20N2O2. The summed E-state index contributed by atoms with van der Waals surface area (Å²) in [5.41, 5.74) is 5.82. The van der Waals surface area contributed by atoms with E-state index in [4.69, 9.17) is 10.4 Å². The van der Waals surface area contributed by atoms with Gasteiger partial charge in [0.1, 0.15) is 11.6 Å². The molecule has 1 N–H and O–H groups in total. The van der Waals surface area contributed by atoms with E-state index < -0.39 is 5.97 Å². The second-order valence-corrected chi connectivity index (χ2v) is 6.12. The van der Waals surface area contributed by atoms with E-state index in [1.165, 1.54) is 28.6 Å². The highest BCUT2D eigenvalue weighted by Gasteiger charge is 2.18. The van der Waals surface area contributed by atoms with Crippen LogP contribution in [0, 0.1) is 11.3 Å². The minimum atomic E-state index is -1.21. The summed E-state index contributed by atoms with van der Waals surface area (Å²) in [6.45, 7) is 3.05. The number of anilines is 2. The number of hydrogen-bond acceptors (Lipinski definition) is 3. The number of fused-ring (bicyclic) bond motifs is 2. The molecular weight excluding hydrogens is 324 g/mol. The van der Waals surface area contributed by atoms with Gasteiger partial charge < -0.3 is 10.0 Å². The van der Waals surface area contributed by atoms with Crippen molar-refractivity contribution in [2.75, 3.05) is 11.4 Å². The minimum absolute atomic E-state index is 0.274. The minimum Gasteiger partial charge on any atom is -0.477 e. The summed E-state index contributed by atoms with van der Waals surface area (Å²) in [6, 6.07) is 16.5. The highest BCUT2D eigenvalue weighted by atomic mass is 16.4. The van der Waals surface area contributed by atoms with Crippen LogP contribution in [0.5, 0.6) is 0 Å².